The van der Waals surface area contributed by atoms with Gasteiger partial charge in [-0.2, -0.15) is 0 Å². The van der Waals surface area contributed by atoms with Gasteiger partial charge in [-0.05, 0) is 118 Å². The lowest BCUT2D eigenvalue weighted by atomic mass is 9.77. The van der Waals surface area contributed by atoms with Gasteiger partial charge in [0.1, 0.15) is 48.8 Å². The number of hydrogen-bond acceptors (Lipinski definition) is 19. The number of esters is 1. The number of ether oxygens (including phenoxy) is 7. The first kappa shape index (κ1) is 64.4. The van der Waals surface area contributed by atoms with Crippen molar-refractivity contribution in [1.82, 2.24) is 24.8 Å². The molecule has 0 amide bonds. The van der Waals surface area contributed by atoms with Gasteiger partial charge in [-0.15, -0.1) is 5.10 Å². The Morgan fingerprint density at radius 3 is 2.21 bits per heavy atom. The highest BCUT2D eigenvalue weighted by Gasteiger charge is 2.53. The number of cyclic esters (lactones) is 1. The fraction of sp³-hybridized carbons (Fsp3) is 0.839. The molecule has 4 fully saturated rings. The lowest BCUT2D eigenvalue weighted by Crippen LogP contribution is -2.61. The predicted octanol–water partition coefficient (Wildman–Crippen LogP) is 4.72. The molecule has 78 heavy (non-hydrogen) atoms. The Labute approximate surface area is 462 Å². The van der Waals surface area contributed by atoms with E-state index in [2.05, 4.69) is 10.3 Å². The summed E-state index contributed by atoms with van der Waals surface area (Å²) >= 11 is 0. The molecule has 4 heterocycles. The number of aliphatic hydroxyl groups excluding tert-OH is 3. The lowest BCUT2D eigenvalue weighted by molar-refractivity contribution is -0.318. The van der Waals surface area contributed by atoms with Crippen LogP contribution in [0.25, 0.3) is 0 Å². The van der Waals surface area contributed by atoms with Gasteiger partial charge < -0.3 is 68.5 Å². The highest BCUT2D eigenvalue weighted by molar-refractivity contribution is 7.92. The van der Waals surface area contributed by atoms with E-state index in [4.69, 9.17) is 33.2 Å². The van der Waals surface area contributed by atoms with E-state index in [1.807, 2.05) is 37.7 Å². The van der Waals surface area contributed by atoms with Crippen LogP contribution in [-0.4, -0.2) is 208 Å². The molecule has 20 atom stereocenters. The Kier molecular flexibility index (Phi) is 22.0. The molecule has 1 aromatic heterocycles. The zero-order valence-corrected chi connectivity index (χ0v) is 49.4. The maximum atomic E-state index is 15.0. The lowest BCUT2D eigenvalue weighted by Gasteiger charge is -2.49. The molecule has 1 aliphatic carbocycles. The Hall–Kier alpha value is -2.81. The third kappa shape index (κ3) is 14.3. The molecular formula is C56H94FN5O15S. The highest BCUT2D eigenvalue weighted by Crippen LogP contribution is 2.41. The van der Waals surface area contributed by atoms with Gasteiger partial charge >= 0.3 is 5.97 Å². The number of hydrogen-bond donors (Lipinski definition) is 5. The van der Waals surface area contributed by atoms with Crippen LogP contribution in [0.1, 0.15) is 144 Å². The molecule has 1 aromatic carbocycles. The molecule has 0 radical (unpaired) electrons. The first-order valence-corrected chi connectivity index (χ1v) is 29.7. The molecule has 0 bridgehead atoms. The molecule has 22 heteroatoms. The molecule has 1 saturated carbocycles. The van der Waals surface area contributed by atoms with Crippen LogP contribution in [0.2, 0.25) is 0 Å². The second-order valence-corrected chi connectivity index (χ2v) is 26.2. The number of carbonyl (C=O) groups excluding carboxylic acids is 1. The minimum absolute atomic E-state index is 0.0720. The van der Waals surface area contributed by atoms with Crippen molar-refractivity contribution < 1.29 is 76.3 Å². The number of rotatable bonds is 17. The smallest absolute Gasteiger partial charge is 0.311 e. The van der Waals surface area contributed by atoms with Gasteiger partial charge in [0.2, 0.25) is 0 Å². The van der Waals surface area contributed by atoms with E-state index in [0.29, 0.717) is 50.0 Å². The average Bonchev–Trinajstić information content (AvgIpc) is 4.16. The highest BCUT2D eigenvalue weighted by atomic mass is 32.2. The van der Waals surface area contributed by atoms with E-state index >= 15 is 0 Å². The monoisotopic (exact) mass is 1130 g/mol. The molecule has 0 unspecified atom stereocenters. The van der Waals surface area contributed by atoms with Crippen LogP contribution in [0, 0.1) is 17.8 Å². The minimum Gasteiger partial charge on any atom is -0.459 e. The normalized spacial score (nSPS) is 39.3. The fourth-order valence-corrected chi connectivity index (χ4v) is 14.6. The minimum atomic E-state index is -3.48. The second-order valence-electron chi connectivity index (χ2n) is 24.0. The summed E-state index contributed by atoms with van der Waals surface area (Å²) < 4.78 is 87.0. The van der Waals surface area contributed by atoms with Gasteiger partial charge in [0, 0.05) is 64.3 Å². The van der Waals surface area contributed by atoms with E-state index in [1.165, 1.54) is 25.8 Å². The molecule has 0 spiro atoms. The van der Waals surface area contributed by atoms with Crippen molar-refractivity contribution in [1.29, 1.82) is 0 Å². The maximum Gasteiger partial charge on any atom is 0.311 e. The number of alkyl halides is 1. The summed E-state index contributed by atoms with van der Waals surface area (Å²) in [7, 11) is 3.16. The molecule has 4 aliphatic rings. The summed E-state index contributed by atoms with van der Waals surface area (Å²) in [6.45, 7) is 17.3. The average molecular weight is 1130 g/mol. The number of sulfone groups is 1. The van der Waals surface area contributed by atoms with E-state index in [-0.39, 0.29) is 30.1 Å². The molecule has 3 aliphatic heterocycles. The van der Waals surface area contributed by atoms with Crippen molar-refractivity contribution in [2.24, 2.45) is 17.8 Å². The number of nitrogens with zero attached hydrogens (tertiary/aromatic N) is 5. The summed E-state index contributed by atoms with van der Waals surface area (Å²) in [5.41, 5.74) is -3.49. The van der Waals surface area contributed by atoms with Crippen LogP contribution in [0.3, 0.4) is 0 Å². The Morgan fingerprint density at radius 1 is 0.949 bits per heavy atom. The number of benzene rings is 1. The van der Waals surface area contributed by atoms with Crippen LogP contribution in [0.4, 0.5) is 4.39 Å². The Balaban J connectivity index is 1.25. The van der Waals surface area contributed by atoms with Crippen molar-refractivity contribution in [2.75, 3.05) is 48.1 Å². The van der Waals surface area contributed by atoms with E-state index in [9.17, 15) is 43.1 Å². The Morgan fingerprint density at radius 2 is 1.60 bits per heavy atom. The zero-order valence-electron chi connectivity index (χ0n) is 48.6. The molecule has 3 saturated heterocycles. The molecule has 2 aromatic rings. The number of methoxy groups -OCH3 is 2. The van der Waals surface area contributed by atoms with Crippen LogP contribution in [0.15, 0.2) is 35.4 Å². The van der Waals surface area contributed by atoms with E-state index in [0.717, 1.165) is 12.8 Å². The first-order valence-electron chi connectivity index (χ1n) is 28.1. The van der Waals surface area contributed by atoms with Crippen LogP contribution < -0.4 is 0 Å². The second kappa shape index (κ2) is 26.6. The standard InChI is InChI=1S/C56H94FN5O15S/c1-15-44-56(10,68)49(64)36(6)61(12)30-32(2)27-54(8,67)51(34(4)47(35(5)52(66)75-44)76-45-28-55(9,72-14)50(65)37(7)74-45)77-53-46(63)42(26-33(3)73-53)60(11)25-24-39-31-62(59-58-39)43(29-57)48(71-13)38-20-22-41(23-21-38)78(69,70)40-18-16-17-19-40/h20-23,31-37,40,42-51,53,63-65,67-68H,15-19,24-30H2,1-14H3/t32-,33-,34+,35-,36-,37+,42+,43-,44-,45+,46-,47+,48-,49-,50+,51-,53+,54-,55-,56-/m1/s1. The zero-order chi connectivity index (χ0) is 57.8. The van der Waals surface area contributed by atoms with E-state index < -0.39 is 142 Å². The van der Waals surface area contributed by atoms with Gasteiger partial charge in [-0.25, -0.2) is 17.5 Å². The van der Waals surface area contributed by atoms with Crippen LogP contribution in [-0.2, 0) is 54.2 Å². The largest absolute Gasteiger partial charge is 0.459 e. The van der Waals surface area contributed by atoms with Crippen molar-refractivity contribution in [2.45, 2.75) is 240 Å². The molecule has 20 nitrogen and oxygen atoms in total. The van der Waals surface area contributed by atoms with Crippen molar-refractivity contribution in [3.63, 3.8) is 0 Å². The number of aromatic nitrogens is 3. The van der Waals surface area contributed by atoms with Gasteiger partial charge in [-0.3, -0.25) is 4.79 Å². The van der Waals surface area contributed by atoms with E-state index in [1.54, 1.807) is 78.9 Å². The van der Waals surface area contributed by atoms with Gasteiger partial charge in [0.25, 0.3) is 0 Å². The number of halogens is 1. The predicted molar refractivity (Wildman–Crippen MR) is 287 cm³/mol. The number of aliphatic hydroxyl groups is 5. The molecule has 446 valence electrons. The summed E-state index contributed by atoms with van der Waals surface area (Å²) in [5.74, 6) is -2.94. The topological polar surface area (TPSA) is 254 Å². The maximum absolute atomic E-state index is 15.0. The summed E-state index contributed by atoms with van der Waals surface area (Å²) in [5, 5.41) is 68.2. The fourth-order valence-electron chi connectivity index (χ4n) is 12.8. The third-order valence-corrected chi connectivity index (χ3v) is 20.0. The quantitative estimate of drug-likeness (QED) is 0.134. The van der Waals surface area contributed by atoms with Gasteiger partial charge in [0.05, 0.1) is 57.4 Å². The van der Waals surface area contributed by atoms with Gasteiger partial charge in [-0.1, -0.05) is 51.0 Å². The van der Waals surface area contributed by atoms with Crippen molar-refractivity contribution in [3.8, 4) is 0 Å². The summed E-state index contributed by atoms with van der Waals surface area (Å²) in [6, 6.07) is 4.42. The first-order chi connectivity index (χ1) is 36.5. The SMILES string of the molecule is CC[C@H]1OC(=O)[C@H](C)[C@@H](O[C@H]2C[C@@](C)(OC)[C@@H](O)[C@H](C)O2)[C@H](C)[C@@H](O[C@@H]2O[C@H](C)C[C@H](N(C)CCc3cn([C@H](CF)[C@H](OC)c4ccc(S(=O)(=O)C5CCCC5)cc4)nn3)[C@H]2O)[C@](C)(O)C[C@@H](C)CN(C)[C@H](C)[C@@H](O)[C@]1(C)O. The summed E-state index contributed by atoms with van der Waals surface area (Å²) in [4.78, 5) is 18.6. The van der Waals surface area contributed by atoms with Crippen LogP contribution in [0.5, 0.6) is 0 Å². The number of likely N-dealkylation sites (N-methyl/N-ethyl adjacent to an activating group) is 2. The van der Waals surface area contributed by atoms with Gasteiger partial charge in [0.15, 0.2) is 22.4 Å². The molecule has 6 rings (SSSR count). The van der Waals surface area contributed by atoms with Crippen molar-refractivity contribution >= 4 is 15.8 Å². The molecule has 5 N–H and O–H groups in total. The number of carbonyl (C=O) groups is 1. The molecular weight excluding hydrogens is 1030 g/mol. The van der Waals surface area contributed by atoms with Crippen LogP contribution >= 0.6 is 0 Å². The summed E-state index contributed by atoms with van der Waals surface area (Å²) in [6.07, 6.45) is -5.41. The Bertz CT molecular complexity index is 2330. The van der Waals surface area contributed by atoms with Crippen molar-refractivity contribution in [3.05, 3.63) is 41.7 Å². The third-order valence-electron chi connectivity index (χ3n) is 17.8.